The van der Waals surface area contributed by atoms with Gasteiger partial charge in [0.1, 0.15) is 11.2 Å². The predicted molar refractivity (Wildman–Crippen MR) is 151 cm³/mol. The summed E-state index contributed by atoms with van der Waals surface area (Å²) < 4.78 is 10.6. The minimum atomic E-state index is -0.968. The second-order valence-electron chi connectivity index (χ2n) is 9.20. The molecule has 0 aliphatic carbocycles. The Bertz CT molecular complexity index is 1470. The summed E-state index contributed by atoms with van der Waals surface area (Å²) in [5, 5.41) is 0. The molecule has 0 unspecified atom stereocenters. The summed E-state index contributed by atoms with van der Waals surface area (Å²) in [6, 6.07) is 39.5. The number of methoxy groups -OCH3 is 2. The number of carbonyl (C=O) groups is 2. The third kappa shape index (κ3) is 4.75. The molecule has 5 nitrogen and oxygen atoms in total. The topological polar surface area (TPSA) is 55.8 Å². The van der Waals surface area contributed by atoms with Crippen LogP contribution >= 0.6 is 0 Å². The summed E-state index contributed by atoms with van der Waals surface area (Å²) in [5.41, 5.74) is 3.56. The van der Waals surface area contributed by atoms with Crippen molar-refractivity contribution in [3.63, 3.8) is 0 Å². The molecule has 4 aromatic rings. The van der Waals surface area contributed by atoms with Crippen molar-refractivity contribution in [3.05, 3.63) is 161 Å². The van der Waals surface area contributed by atoms with Crippen LogP contribution in [0.5, 0.6) is 0 Å². The zero-order valence-electron chi connectivity index (χ0n) is 21.9. The van der Waals surface area contributed by atoms with E-state index in [2.05, 4.69) is 6.08 Å². The maximum atomic E-state index is 13.8. The molecule has 5 heteroatoms. The Hall–Kier alpha value is -4.90. The molecule has 39 heavy (non-hydrogen) atoms. The van der Waals surface area contributed by atoms with E-state index in [1.807, 2.05) is 126 Å². The molecular formula is C34H29NO4. The van der Waals surface area contributed by atoms with Gasteiger partial charge in [0.05, 0.1) is 19.8 Å². The number of hydrogen-bond donors (Lipinski definition) is 0. The second-order valence-corrected chi connectivity index (χ2v) is 9.20. The van der Waals surface area contributed by atoms with Crippen LogP contribution in [0.3, 0.4) is 0 Å². The lowest BCUT2D eigenvalue weighted by Crippen LogP contribution is -2.50. The summed E-state index contributed by atoms with van der Waals surface area (Å²) in [5.74, 6) is -1.23. The molecule has 4 aromatic carbocycles. The average molecular weight is 516 g/mol. The highest BCUT2D eigenvalue weighted by Gasteiger charge is 2.48. The summed E-state index contributed by atoms with van der Waals surface area (Å²) in [6.07, 6.45) is 2.08. The summed E-state index contributed by atoms with van der Waals surface area (Å²) in [4.78, 5) is 29.2. The van der Waals surface area contributed by atoms with Gasteiger partial charge in [-0.15, -0.1) is 0 Å². The van der Waals surface area contributed by atoms with Crippen LogP contribution in [0.2, 0.25) is 0 Å². The molecule has 1 heterocycles. The number of ether oxygens (including phenoxy) is 2. The van der Waals surface area contributed by atoms with Gasteiger partial charge in [-0.2, -0.15) is 0 Å². The van der Waals surface area contributed by atoms with Crippen molar-refractivity contribution in [1.29, 1.82) is 0 Å². The van der Waals surface area contributed by atoms with E-state index in [0.29, 0.717) is 12.1 Å². The molecule has 0 saturated heterocycles. The number of carbonyl (C=O) groups excluding carboxylic acids is 2. The van der Waals surface area contributed by atoms with Crippen LogP contribution in [0.15, 0.2) is 139 Å². The van der Waals surface area contributed by atoms with E-state index in [0.717, 1.165) is 22.3 Å². The Kier molecular flexibility index (Phi) is 7.41. The Labute approximate surface area is 228 Å². The van der Waals surface area contributed by atoms with E-state index in [-0.39, 0.29) is 11.3 Å². The molecule has 0 saturated carbocycles. The highest BCUT2D eigenvalue weighted by Crippen LogP contribution is 2.49. The fraction of sp³-hybridized carbons (Fsp3) is 0.118. The normalized spacial score (nSPS) is 14.4. The van der Waals surface area contributed by atoms with Gasteiger partial charge in [-0.1, -0.05) is 121 Å². The number of benzene rings is 4. The fourth-order valence-electron chi connectivity index (χ4n) is 5.26. The molecule has 0 atom stereocenters. The molecule has 0 spiro atoms. The molecule has 0 N–H and O–H groups in total. The molecule has 1 aliphatic rings. The Morgan fingerprint density at radius 2 is 1.10 bits per heavy atom. The summed E-state index contributed by atoms with van der Waals surface area (Å²) in [6.45, 7) is 0.328. The molecule has 0 radical (unpaired) electrons. The first-order valence-corrected chi connectivity index (χ1v) is 12.7. The molecule has 0 amide bonds. The van der Waals surface area contributed by atoms with Gasteiger partial charge in [-0.25, -0.2) is 9.59 Å². The van der Waals surface area contributed by atoms with Crippen LogP contribution in [0.1, 0.15) is 22.3 Å². The van der Waals surface area contributed by atoms with Crippen molar-refractivity contribution in [2.75, 3.05) is 14.2 Å². The highest BCUT2D eigenvalue weighted by molar-refractivity contribution is 6.13. The Morgan fingerprint density at radius 3 is 1.59 bits per heavy atom. The number of esters is 2. The van der Waals surface area contributed by atoms with E-state index < -0.39 is 17.5 Å². The van der Waals surface area contributed by atoms with Crippen LogP contribution in [-0.2, 0) is 31.1 Å². The average Bonchev–Trinajstić information content (AvgIpc) is 3.01. The molecular weight excluding hydrogens is 486 g/mol. The van der Waals surface area contributed by atoms with Crippen LogP contribution < -0.4 is 0 Å². The van der Waals surface area contributed by atoms with Crippen molar-refractivity contribution in [1.82, 2.24) is 4.90 Å². The van der Waals surface area contributed by atoms with Gasteiger partial charge in [0.25, 0.3) is 0 Å². The molecule has 0 bridgehead atoms. The van der Waals surface area contributed by atoms with Gasteiger partial charge in [-0.05, 0) is 33.9 Å². The smallest absolute Gasteiger partial charge is 0.355 e. The fourth-order valence-corrected chi connectivity index (χ4v) is 5.26. The number of hydrogen-bond acceptors (Lipinski definition) is 5. The van der Waals surface area contributed by atoms with E-state index >= 15 is 0 Å². The van der Waals surface area contributed by atoms with Gasteiger partial charge in [-0.3, -0.25) is 0 Å². The third-order valence-electron chi connectivity index (χ3n) is 7.02. The third-order valence-corrected chi connectivity index (χ3v) is 7.02. The quantitative estimate of drug-likeness (QED) is 0.277. The van der Waals surface area contributed by atoms with E-state index in [9.17, 15) is 9.59 Å². The van der Waals surface area contributed by atoms with Crippen molar-refractivity contribution in [2.45, 2.75) is 12.1 Å². The first kappa shape index (κ1) is 25.7. The Balaban J connectivity index is 1.94. The summed E-state index contributed by atoms with van der Waals surface area (Å²) >= 11 is 0. The minimum absolute atomic E-state index is 0.141. The second kappa shape index (κ2) is 11.2. The van der Waals surface area contributed by atoms with Crippen LogP contribution in [0.4, 0.5) is 0 Å². The lowest BCUT2D eigenvalue weighted by molar-refractivity contribution is -0.141. The van der Waals surface area contributed by atoms with Crippen molar-refractivity contribution in [3.8, 4) is 0 Å². The number of rotatable bonds is 7. The van der Waals surface area contributed by atoms with Crippen LogP contribution in [0, 0.1) is 0 Å². The van der Waals surface area contributed by atoms with Gasteiger partial charge < -0.3 is 14.4 Å². The van der Waals surface area contributed by atoms with E-state index in [1.165, 1.54) is 14.2 Å². The largest absolute Gasteiger partial charge is 0.465 e. The molecule has 0 aromatic heterocycles. The SMILES string of the molecule is COC(=O)C1=C(C(=O)OC)N(Cc2ccccc2)C(c2ccccc2)(c2ccccc2)C=C1c1ccccc1. The van der Waals surface area contributed by atoms with Crippen LogP contribution in [-0.4, -0.2) is 31.1 Å². The predicted octanol–water partition coefficient (Wildman–Crippen LogP) is 6.13. The van der Waals surface area contributed by atoms with Gasteiger partial charge >= 0.3 is 11.9 Å². The van der Waals surface area contributed by atoms with Gasteiger partial charge in [0.15, 0.2) is 0 Å². The highest BCUT2D eigenvalue weighted by atomic mass is 16.5. The van der Waals surface area contributed by atoms with E-state index in [4.69, 9.17) is 9.47 Å². The summed E-state index contributed by atoms with van der Waals surface area (Å²) in [7, 11) is 2.66. The van der Waals surface area contributed by atoms with Crippen molar-refractivity contribution < 1.29 is 19.1 Å². The van der Waals surface area contributed by atoms with Crippen LogP contribution in [0.25, 0.3) is 5.57 Å². The lowest BCUT2D eigenvalue weighted by atomic mass is 9.74. The minimum Gasteiger partial charge on any atom is -0.465 e. The zero-order chi connectivity index (χ0) is 27.2. The van der Waals surface area contributed by atoms with Gasteiger partial charge in [0, 0.05) is 6.54 Å². The molecule has 194 valence electrons. The van der Waals surface area contributed by atoms with Crippen molar-refractivity contribution >= 4 is 17.5 Å². The molecule has 1 aliphatic heterocycles. The first-order chi connectivity index (χ1) is 19.1. The first-order valence-electron chi connectivity index (χ1n) is 12.7. The van der Waals surface area contributed by atoms with Gasteiger partial charge in [0.2, 0.25) is 0 Å². The van der Waals surface area contributed by atoms with E-state index in [1.54, 1.807) is 0 Å². The van der Waals surface area contributed by atoms with Crippen molar-refractivity contribution in [2.24, 2.45) is 0 Å². The molecule has 5 rings (SSSR count). The Morgan fingerprint density at radius 1 is 0.641 bits per heavy atom. The zero-order valence-corrected chi connectivity index (χ0v) is 21.9. The maximum absolute atomic E-state index is 13.8. The number of nitrogens with zero attached hydrogens (tertiary/aromatic N) is 1. The lowest BCUT2D eigenvalue weighted by Gasteiger charge is -2.48. The monoisotopic (exact) mass is 515 g/mol. The molecule has 0 fully saturated rings. The standard InChI is InChI=1S/C34H29NO4/c1-38-32(36)30-29(26-17-9-4-10-18-26)23-34(27-19-11-5-12-20-27,28-21-13-6-14-22-28)35(31(30)33(37)39-2)24-25-15-7-3-8-16-25/h3-23H,24H2,1-2H3. The maximum Gasteiger partial charge on any atom is 0.355 e.